The van der Waals surface area contributed by atoms with Crippen molar-refractivity contribution in [3.8, 4) is 0 Å². The molecule has 4 heteroatoms. The molecule has 1 unspecified atom stereocenters. The maximum Gasteiger partial charge on any atom is 0.328 e. The predicted octanol–water partition coefficient (Wildman–Crippen LogP) is 3.43. The number of esters is 1. The van der Waals surface area contributed by atoms with Gasteiger partial charge in [0.2, 0.25) is 0 Å². The number of nitrogens with one attached hydrogen (secondary N) is 1. The number of carbonyl (C=O) groups is 1. The molecule has 0 amide bonds. The lowest BCUT2D eigenvalue weighted by molar-refractivity contribution is -0.143. The summed E-state index contributed by atoms with van der Waals surface area (Å²) in [5, 5.41) is 3.14. The van der Waals surface area contributed by atoms with Gasteiger partial charge in [0, 0.05) is 10.2 Å². The van der Waals surface area contributed by atoms with E-state index >= 15 is 0 Å². The highest BCUT2D eigenvalue weighted by molar-refractivity contribution is 9.10. The van der Waals surface area contributed by atoms with Gasteiger partial charge in [0.25, 0.3) is 0 Å². The van der Waals surface area contributed by atoms with E-state index in [-0.39, 0.29) is 12.0 Å². The first-order valence-electron chi connectivity index (χ1n) is 5.65. The third-order valence-corrected chi connectivity index (χ3v) is 3.71. The Balaban J connectivity index is 2.78. The molecule has 0 bridgehead atoms. The molecule has 94 valence electrons. The molecule has 0 spiro atoms. The molecule has 0 aliphatic rings. The lowest BCUT2D eigenvalue weighted by Crippen LogP contribution is -2.28. The highest BCUT2D eigenvalue weighted by Crippen LogP contribution is 2.25. The van der Waals surface area contributed by atoms with E-state index in [2.05, 4.69) is 21.2 Å². The number of hydrogen-bond acceptors (Lipinski definition) is 3. The maximum absolute atomic E-state index is 11.5. The Hall–Kier alpha value is -1.03. The molecule has 1 aromatic carbocycles. The first kappa shape index (κ1) is 14.0. The second-order valence-corrected chi connectivity index (χ2v) is 4.84. The van der Waals surface area contributed by atoms with E-state index in [1.807, 2.05) is 26.0 Å². The largest absolute Gasteiger partial charge is 0.464 e. The second-order valence-electron chi connectivity index (χ2n) is 4.04. The van der Waals surface area contributed by atoms with Crippen LogP contribution in [0.5, 0.6) is 0 Å². The number of aryl methyl sites for hydroxylation is 2. The number of carbonyl (C=O) groups excluding carboxylic acids is 1. The zero-order chi connectivity index (χ0) is 13.0. The van der Waals surface area contributed by atoms with Crippen molar-refractivity contribution < 1.29 is 9.53 Å². The van der Waals surface area contributed by atoms with Crippen molar-refractivity contribution in [3.05, 3.63) is 27.7 Å². The van der Waals surface area contributed by atoms with Crippen molar-refractivity contribution in [3.63, 3.8) is 0 Å². The Labute approximate surface area is 111 Å². The average Bonchev–Trinajstić information content (AvgIpc) is 2.26. The van der Waals surface area contributed by atoms with Gasteiger partial charge in [-0.3, -0.25) is 0 Å². The molecule has 1 rings (SSSR count). The van der Waals surface area contributed by atoms with Crippen LogP contribution < -0.4 is 5.32 Å². The Morgan fingerprint density at radius 2 is 1.94 bits per heavy atom. The predicted molar refractivity (Wildman–Crippen MR) is 73.3 cm³/mol. The van der Waals surface area contributed by atoms with E-state index in [4.69, 9.17) is 4.74 Å². The maximum atomic E-state index is 11.5. The van der Waals surface area contributed by atoms with Crippen molar-refractivity contribution in [2.75, 3.05) is 11.9 Å². The summed E-state index contributed by atoms with van der Waals surface area (Å²) in [6.45, 7) is 8.06. The molecule has 3 nitrogen and oxygen atoms in total. The van der Waals surface area contributed by atoms with Gasteiger partial charge >= 0.3 is 5.97 Å². The second kappa shape index (κ2) is 6.05. The summed E-state index contributed by atoms with van der Waals surface area (Å²) in [7, 11) is 0. The number of anilines is 1. The first-order valence-corrected chi connectivity index (χ1v) is 6.45. The van der Waals surface area contributed by atoms with Crippen LogP contribution in [0.2, 0.25) is 0 Å². The monoisotopic (exact) mass is 299 g/mol. The van der Waals surface area contributed by atoms with Crippen molar-refractivity contribution in [1.29, 1.82) is 0 Å². The standard InChI is InChI=1S/C13H18BrNO2/c1-5-17-13(16)10(4)15-11-6-8(2)12(14)9(3)7-11/h6-7,10,15H,5H2,1-4H3. The minimum atomic E-state index is -0.338. The molecule has 0 heterocycles. The molecule has 0 fully saturated rings. The summed E-state index contributed by atoms with van der Waals surface area (Å²) in [6.07, 6.45) is 0. The van der Waals surface area contributed by atoms with E-state index in [1.165, 1.54) is 0 Å². The molecule has 0 aromatic heterocycles. The SMILES string of the molecule is CCOC(=O)C(C)Nc1cc(C)c(Br)c(C)c1. The van der Waals surface area contributed by atoms with E-state index < -0.39 is 0 Å². The average molecular weight is 300 g/mol. The number of halogens is 1. The zero-order valence-electron chi connectivity index (χ0n) is 10.6. The fourth-order valence-electron chi connectivity index (χ4n) is 1.61. The van der Waals surface area contributed by atoms with E-state index in [0.29, 0.717) is 6.61 Å². The summed E-state index contributed by atoms with van der Waals surface area (Å²) in [6, 6.07) is 3.68. The van der Waals surface area contributed by atoms with Crippen LogP contribution in [0.1, 0.15) is 25.0 Å². The molecule has 1 atom stereocenters. The molecule has 0 aliphatic heterocycles. The fourth-order valence-corrected chi connectivity index (χ4v) is 1.83. The van der Waals surface area contributed by atoms with Crippen LogP contribution in [0.4, 0.5) is 5.69 Å². The summed E-state index contributed by atoms with van der Waals surface area (Å²) in [5.41, 5.74) is 3.22. The third kappa shape index (κ3) is 3.73. The topological polar surface area (TPSA) is 38.3 Å². The minimum absolute atomic E-state index is 0.231. The van der Waals surface area contributed by atoms with Gasteiger partial charge in [-0.1, -0.05) is 15.9 Å². The first-order chi connectivity index (χ1) is 7.95. The third-order valence-electron chi connectivity index (χ3n) is 2.46. The van der Waals surface area contributed by atoms with Crippen LogP contribution >= 0.6 is 15.9 Å². The van der Waals surface area contributed by atoms with Crippen LogP contribution in [0.25, 0.3) is 0 Å². The molecule has 1 aromatic rings. The summed E-state index contributed by atoms with van der Waals surface area (Å²) < 4.78 is 6.05. The number of ether oxygens (including phenoxy) is 1. The summed E-state index contributed by atoms with van der Waals surface area (Å²) in [4.78, 5) is 11.5. The van der Waals surface area contributed by atoms with Gasteiger partial charge in [-0.25, -0.2) is 4.79 Å². The fraction of sp³-hybridized carbons (Fsp3) is 0.462. The van der Waals surface area contributed by atoms with Gasteiger partial charge in [-0.05, 0) is 51.0 Å². The van der Waals surface area contributed by atoms with E-state index in [0.717, 1.165) is 21.3 Å². The number of benzene rings is 1. The van der Waals surface area contributed by atoms with Crippen molar-refractivity contribution in [2.45, 2.75) is 33.7 Å². The number of hydrogen-bond donors (Lipinski definition) is 1. The van der Waals surface area contributed by atoms with Crippen LogP contribution in [-0.4, -0.2) is 18.6 Å². The quantitative estimate of drug-likeness (QED) is 0.866. The Kier molecular flexibility index (Phi) is 5.00. The smallest absolute Gasteiger partial charge is 0.328 e. The van der Waals surface area contributed by atoms with Crippen molar-refractivity contribution in [1.82, 2.24) is 0 Å². The van der Waals surface area contributed by atoms with Gasteiger partial charge in [0.15, 0.2) is 0 Å². The molecular weight excluding hydrogens is 282 g/mol. The molecule has 17 heavy (non-hydrogen) atoms. The van der Waals surface area contributed by atoms with Crippen LogP contribution in [0.15, 0.2) is 16.6 Å². The zero-order valence-corrected chi connectivity index (χ0v) is 12.2. The molecule has 1 N–H and O–H groups in total. The van der Waals surface area contributed by atoms with Gasteiger partial charge in [0.05, 0.1) is 6.61 Å². The van der Waals surface area contributed by atoms with E-state index in [9.17, 15) is 4.79 Å². The lowest BCUT2D eigenvalue weighted by atomic mass is 10.1. The van der Waals surface area contributed by atoms with Gasteiger partial charge in [-0.2, -0.15) is 0 Å². The Morgan fingerprint density at radius 3 is 2.41 bits per heavy atom. The van der Waals surface area contributed by atoms with Gasteiger partial charge in [0.1, 0.15) is 6.04 Å². The highest BCUT2D eigenvalue weighted by Gasteiger charge is 2.14. The van der Waals surface area contributed by atoms with Crippen LogP contribution in [0.3, 0.4) is 0 Å². The molecule has 0 radical (unpaired) electrons. The van der Waals surface area contributed by atoms with Crippen LogP contribution in [0, 0.1) is 13.8 Å². The lowest BCUT2D eigenvalue weighted by Gasteiger charge is -2.15. The Morgan fingerprint density at radius 1 is 1.41 bits per heavy atom. The summed E-state index contributed by atoms with van der Waals surface area (Å²) >= 11 is 3.51. The number of rotatable bonds is 4. The van der Waals surface area contributed by atoms with E-state index in [1.54, 1.807) is 13.8 Å². The van der Waals surface area contributed by atoms with Crippen molar-refractivity contribution >= 4 is 27.6 Å². The normalized spacial score (nSPS) is 12.1. The molecule has 0 saturated carbocycles. The molecule has 0 aliphatic carbocycles. The van der Waals surface area contributed by atoms with Crippen LogP contribution in [-0.2, 0) is 9.53 Å². The Bertz CT molecular complexity index is 395. The van der Waals surface area contributed by atoms with Gasteiger partial charge in [-0.15, -0.1) is 0 Å². The highest BCUT2D eigenvalue weighted by atomic mass is 79.9. The summed E-state index contributed by atoms with van der Waals surface area (Å²) in [5.74, 6) is -0.231. The van der Waals surface area contributed by atoms with Gasteiger partial charge < -0.3 is 10.1 Å². The van der Waals surface area contributed by atoms with Crippen molar-refractivity contribution in [2.24, 2.45) is 0 Å². The minimum Gasteiger partial charge on any atom is -0.464 e. The molecular formula is C13H18BrNO2. The molecule has 0 saturated heterocycles.